The van der Waals surface area contributed by atoms with Crippen LogP contribution in [0.1, 0.15) is 13.8 Å². The molecule has 0 unspecified atom stereocenters. The topological polar surface area (TPSA) is 113 Å². The summed E-state index contributed by atoms with van der Waals surface area (Å²) in [4.78, 5) is 47.2. The lowest BCUT2D eigenvalue weighted by molar-refractivity contribution is -0.137. The van der Waals surface area contributed by atoms with E-state index in [-0.39, 0.29) is 24.6 Å². The van der Waals surface area contributed by atoms with Crippen molar-refractivity contribution in [2.45, 2.75) is 13.8 Å². The zero-order chi connectivity index (χ0) is 15.7. The Balaban J connectivity index is 4.79. The standard InChI is InChI=1S/C12H20N4O4/c1-4-16(6-10(13)18)11(19)7-15(8-17)5-9(2)12(20)14-3/h5,8H,4,6-7H2,1-3H3,(H2,13,18)(H,14,20)/b9-5-. The molecule has 0 aromatic rings. The van der Waals surface area contributed by atoms with Crippen molar-refractivity contribution in [1.29, 1.82) is 0 Å². The molecular weight excluding hydrogens is 264 g/mol. The molecule has 0 fully saturated rings. The summed E-state index contributed by atoms with van der Waals surface area (Å²) in [6.07, 6.45) is 1.70. The Bertz CT molecular complexity index is 420. The lowest BCUT2D eigenvalue weighted by Crippen LogP contribution is -2.42. The zero-order valence-electron chi connectivity index (χ0n) is 11.9. The Labute approximate surface area is 117 Å². The van der Waals surface area contributed by atoms with E-state index in [0.29, 0.717) is 13.0 Å². The first-order valence-corrected chi connectivity index (χ1v) is 6.03. The number of likely N-dealkylation sites (N-methyl/N-ethyl adjacent to an activating group) is 2. The molecular formula is C12H20N4O4. The second-order valence-electron chi connectivity index (χ2n) is 4.04. The van der Waals surface area contributed by atoms with Crippen molar-refractivity contribution < 1.29 is 19.2 Å². The van der Waals surface area contributed by atoms with Gasteiger partial charge >= 0.3 is 0 Å². The molecule has 0 aromatic heterocycles. The van der Waals surface area contributed by atoms with Gasteiger partial charge in [0.25, 0.3) is 0 Å². The molecule has 112 valence electrons. The third kappa shape index (κ3) is 5.98. The summed E-state index contributed by atoms with van der Waals surface area (Å²) < 4.78 is 0. The van der Waals surface area contributed by atoms with E-state index in [1.807, 2.05) is 0 Å². The van der Waals surface area contributed by atoms with E-state index in [0.717, 1.165) is 4.90 Å². The van der Waals surface area contributed by atoms with Crippen molar-refractivity contribution in [3.63, 3.8) is 0 Å². The largest absolute Gasteiger partial charge is 0.368 e. The Hall–Kier alpha value is -2.38. The van der Waals surface area contributed by atoms with Crippen LogP contribution in [0.5, 0.6) is 0 Å². The maximum atomic E-state index is 11.9. The summed E-state index contributed by atoms with van der Waals surface area (Å²) in [5.74, 6) is -1.41. The summed E-state index contributed by atoms with van der Waals surface area (Å²) in [5, 5.41) is 2.40. The van der Waals surface area contributed by atoms with E-state index < -0.39 is 11.8 Å². The quantitative estimate of drug-likeness (QED) is 0.414. The van der Waals surface area contributed by atoms with Gasteiger partial charge in [0.15, 0.2) is 0 Å². The average Bonchev–Trinajstić information content (AvgIpc) is 2.42. The first-order chi connectivity index (χ1) is 9.35. The summed E-state index contributed by atoms with van der Waals surface area (Å²) >= 11 is 0. The van der Waals surface area contributed by atoms with Gasteiger partial charge < -0.3 is 20.9 Å². The van der Waals surface area contributed by atoms with Crippen LogP contribution in [-0.2, 0) is 19.2 Å². The number of nitrogens with two attached hydrogens (primary N) is 1. The van der Waals surface area contributed by atoms with E-state index in [2.05, 4.69) is 5.32 Å². The first kappa shape index (κ1) is 17.6. The molecule has 0 aliphatic heterocycles. The van der Waals surface area contributed by atoms with Gasteiger partial charge in [-0.15, -0.1) is 0 Å². The van der Waals surface area contributed by atoms with Crippen LogP contribution in [0.15, 0.2) is 11.8 Å². The predicted octanol–water partition coefficient (Wildman–Crippen LogP) is -1.57. The lowest BCUT2D eigenvalue weighted by Gasteiger charge is -2.21. The van der Waals surface area contributed by atoms with Gasteiger partial charge in [-0.2, -0.15) is 0 Å². The van der Waals surface area contributed by atoms with Gasteiger partial charge in [0, 0.05) is 25.4 Å². The molecule has 0 heterocycles. The van der Waals surface area contributed by atoms with E-state index >= 15 is 0 Å². The van der Waals surface area contributed by atoms with Gasteiger partial charge in [-0.3, -0.25) is 19.2 Å². The van der Waals surface area contributed by atoms with Crippen LogP contribution in [0.4, 0.5) is 0 Å². The molecule has 0 saturated carbocycles. The molecule has 0 bridgehead atoms. The van der Waals surface area contributed by atoms with Gasteiger partial charge in [0.1, 0.15) is 6.54 Å². The number of hydrogen-bond donors (Lipinski definition) is 2. The van der Waals surface area contributed by atoms with Crippen molar-refractivity contribution in [3.8, 4) is 0 Å². The monoisotopic (exact) mass is 284 g/mol. The van der Waals surface area contributed by atoms with Crippen molar-refractivity contribution in [3.05, 3.63) is 11.8 Å². The molecule has 0 aliphatic carbocycles. The Morgan fingerprint density at radius 3 is 2.25 bits per heavy atom. The second kappa shape index (κ2) is 8.68. The van der Waals surface area contributed by atoms with Crippen molar-refractivity contribution in [2.75, 3.05) is 26.7 Å². The first-order valence-electron chi connectivity index (χ1n) is 6.03. The fourth-order valence-corrected chi connectivity index (χ4v) is 1.44. The minimum absolute atomic E-state index is 0.208. The highest BCUT2D eigenvalue weighted by Crippen LogP contribution is 1.98. The number of hydrogen-bond acceptors (Lipinski definition) is 4. The van der Waals surface area contributed by atoms with Gasteiger partial charge in [-0.25, -0.2) is 0 Å². The smallest absolute Gasteiger partial charge is 0.248 e. The van der Waals surface area contributed by atoms with Crippen LogP contribution in [0.3, 0.4) is 0 Å². The van der Waals surface area contributed by atoms with Crippen LogP contribution in [-0.4, -0.2) is 60.6 Å². The molecule has 8 heteroatoms. The number of rotatable bonds is 8. The van der Waals surface area contributed by atoms with Crippen molar-refractivity contribution in [1.82, 2.24) is 15.1 Å². The predicted molar refractivity (Wildman–Crippen MR) is 72.0 cm³/mol. The molecule has 0 atom stereocenters. The molecule has 0 radical (unpaired) electrons. The maximum Gasteiger partial charge on any atom is 0.248 e. The molecule has 20 heavy (non-hydrogen) atoms. The van der Waals surface area contributed by atoms with E-state index in [4.69, 9.17) is 5.73 Å². The normalized spacial score (nSPS) is 10.7. The highest BCUT2D eigenvalue weighted by molar-refractivity contribution is 5.93. The van der Waals surface area contributed by atoms with Crippen LogP contribution in [0, 0.1) is 0 Å². The summed E-state index contributed by atoms with van der Waals surface area (Å²) in [6, 6.07) is 0. The number of amides is 4. The SMILES string of the molecule is CCN(CC(N)=O)C(=O)CN(C=O)/C=C(/C)C(=O)NC. The molecule has 3 N–H and O–H groups in total. The molecule has 0 saturated heterocycles. The zero-order valence-corrected chi connectivity index (χ0v) is 11.9. The minimum atomic E-state index is -0.630. The second-order valence-corrected chi connectivity index (χ2v) is 4.04. The van der Waals surface area contributed by atoms with Crippen molar-refractivity contribution >= 4 is 24.1 Å². The highest BCUT2D eigenvalue weighted by atomic mass is 16.2. The lowest BCUT2D eigenvalue weighted by atomic mass is 10.3. The minimum Gasteiger partial charge on any atom is -0.368 e. The molecule has 0 aliphatic rings. The van der Waals surface area contributed by atoms with Gasteiger partial charge in [0.2, 0.25) is 24.1 Å². The fraction of sp³-hybridized carbons (Fsp3) is 0.500. The summed E-state index contributed by atoms with van der Waals surface area (Å²) in [6.45, 7) is 3.03. The number of primary amides is 1. The van der Waals surface area contributed by atoms with E-state index in [1.165, 1.54) is 25.1 Å². The van der Waals surface area contributed by atoms with Gasteiger partial charge in [-0.05, 0) is 13.8 Å². The Kier molecular flexibility index (Phi) is 7.64. The number of nitrogens with one attached hydrogen (secondary N) is 1. The third-order valence-electron chi connectivity index (χ3n) is 2.48. The number of carbonyl (C=O) groups excluding carboxylic acids is 4. The Morgan fingerprint density at radius 2 is 1.85 bits per heavy atom. The number of nitrogens with zero attached hydrogens (tertiary/aromatic N) is 2. The van der Waals surface area contributed by atoms with Crippen LogP contribution in [0.25, 0.3) is 0 Å². The third-order valence-corrected chi connectivity index (χ3v) is 2.48. The van der Waals surface area contributed by atoms with Crippen molar-refractivity contribution in [2.24, 2.45) is 5.73 Å². The highest BCUT2D eigenvalue weighted by Gasteiger charge is 2.16. The van der Waals surface area contributed by atoms with E-state index in [1.54, 1.807) is 6.92 Å². The Morgan fingerprint density at radius 1 is 1.25 bits per heavy atom. The maximum absolute atomic E-state index is 11.9. The van der Waals surface area contributed by atoms with Gasteiger partial charge in [-0.1, -0.05) is 0 Å². The molecule has 0 aromatic carbocycles. The van der Waals surface area contributed by atoms with Crippen LogP contribution < -0.4 is 11.1 Å². The number of carbonyl (C=O) groups is 4. The van der Waals surface area contributed by atoms with Crippen LogP contribution in [0.2, 0.25) is 0 Å². The average molecular weight is 284 g/mol. The fourth-order valence-electron chi connectivity index (χ4n) is 1.44. The van der Waals surface area contributed by atoms with Crippen LogP contribution >= 0.6 is 0 Å². The molecule has 4 amide bonds. The van der Waals surface area contributed by atoms with E-state index in [9.17, 15) is 19.2 Å². The summed E-state index contributed by atoms with van der Waals surface area (Å²) in [5.41, 5.74) is 5.31. The van der Waals surface area contributed by atoms with Gasteiger partial charge in [0.05, 0.1) is 6.54 Å². The molecule has 0 rings (SSSR count). The molecule has 8 nitrogen and oxygen atoms in total. The molecule has 0 spiro atoms. The summed E-state index contributed by atoms with van der Waals surface area (Å²) in [7, 11) is 1.46.